The molecule has 0 fully saturated rings. The van der Waals surface area contributed by atoms with Crippen molar-refractivity contribution < 1.29 is 9.13 Å². The minimum atomic E-state index is -0.288. The number of hydrogen-bond acceptors (Lipinski definition) is 3. The van der Waals surface area contributed by atoms with Gasteiger partial charge in [-0.3, -0.25) is 4.79 Å². The van der Waals surface area contributed by atoms with Crippen molar-refractivity contribution in [2.75, 3.05) is 13.7 Å². The lowest BCUT2D eigenvalue weighted by molar-refractivity contribution is 0.398. The van der Waals surface area contributed by atoms with Crippen molar-refractivity contribution in [3.63, 3.8) is 0 Å². The van der Waals surface area contributed by atoms with E-state index in [4.69, 9.17) is 17.0 Å². The largest absolute Gasteiger partial charge is 0.497 e. The molecule has 3 aromatic rings. The van der Waals surface area contributed by atoms with Crippen molar-refractivity contribution in [3.05, 3.63) is 75.8 Å². The highest BCUT2D eigenvalue weighted by molar-refractivity contribution is 7.80. The van der Waals surface area contributed by atoms with Crippen LogP contribution in [0.3, 0.4) is 0 Å². The zero-order chi connectivity index (χ0) is 20.1. The van der Waals surface area contributed by atoms with E-state index in [0.717, 1.165) is 22.2 Å². The predicted molar refractivity (Wildman–Crippen MR) is 113 cm³/mol. The molecule has 0 bridgehead atoms. The number of H-pyrrole nitrogens is 1. The maximum Gasteiger partial charge on any atom is 0.253 e. The molecule has 2 N–H and O–H groups in total. The van der Waals surface area contributed by atoms with Crippen LogP contribution in [0.4, 0.5) is 4.39 Å². The average molecular weight is 399 g/mol. The Morgan fingerprint density at radius 2 is 1.93 bits per heavy atom. The van der Waals surface area contributed by atoms with E-state index in [9.17, 15) is 9.18 Å². The number of aromatic nitrogens is 1. The van der Waals surface area contributed by atoms with Crippen LogP contribution in [-0.2, 0) is 13.1 Å². The van der Waals surface area contributed by atoms with Crippen molar-refractivity contribution in [1.29, 1.82) is 0 Å². The third-order valence-corrected chi connectivity index (χ3v) is 4.79. The first-order valence-electron chi connectivity index (χ1n) is 8.97. The van der Waals surface area contributed by atoms with Gasteiger partial charge in [-0.2, -0.15) is 0 Å². The van der Waals surface area contributed by atoms with Gasteiger partial charge in [0.25, 0.3) is 5.56 Å². The van der Waals surface area contributed by atoms with Crippen LogP contribution in [0.15, 0.2) is 53.3 Å². The summed E-state index contributed by atoms with van der Waals surface area (Å²) in [5.74, 6) is 0.432. The Morgan fingerprint density at radius 3 is 2.61 bits per heavy atom. The molecule has 0 radical (unpaired) electrons. The lowest BCUT2D eigenvalue weighted by atomic mass is 10.1. The second kappa shape index (κ2) is 8.84. The van der Waals surface area contributed by atoms with E-state index in [1.54, 1.807) is 25.3 Å². The molecule has 5 nitrogen and oxygen atoms in total. The van der Waals surface area contributed by atoms with Gasteiger partial charge in [-0.1, -0.05) is 12.1 Å². The summed E-state index contributed by atoms with van der Waals surface area (Å²) >= 11 is 5.49. The van der Waals surface area contributed by atoms with Gasteiger partial charge in [-0.05, 0) is 61.1 Å². The number of aromatic amines is 1. The van der Waals surface area contributed by atoms with Gasteiger partial charge >= 0.3 is 0 Å². The number of pyridine rings is 1. The highest BCUT2D eigenvalue weighted by atomic mass is 32.1. The fourth-order valence-electron chi connectivity index (χ4n) is 2.95. The van der Waals surface area contributed by atoms with E-state index < -0.39 is 0 Å². The van der Waals surface area contributed by atoms with E-state index in [-0.39, 0.29) is 11.4 Å². The Labute approximate surface area is 168 Å². The molecule has 0 aliphatic carbocycles. The maximum absolute atomic E-state index is 13.2. The van der Waals surface area contributed by atoms with E-state index >= 15 is 0 Å². The van der Waals surface area contributed by atoms with E-state index in [1.165, 1.54) is 12.1 Å². The highest BCUT2D eigenvalue weighted by Crippen LogP contribution is 2.19. The number of halogens is 1. The van der Waals surface area contributed by atoms with Crippen LogP contribution in [-0.4, -0.2) is 28.7 Å². The summed E-state index contributed by atoms with van der Waals surface area (Å²) in [6.45, 7) is 3.41. The molecular weight excluding hydrogens is 377 g/mol. The minimum absolute atomic E-state index is 0.166. The summed E-state index contributed by atoms with van der Waals surface area (Å²) in [7, 11) is 1.60. The molecule has 2 aromatic carbocycles. The number of benzene rings is 2. The molecule has 0 unspecified atom stereocenters. The van der Waals surface area contributed by atoms with Crippen LogP contribution >= 0.6 is 12.2 Å². The Hall–Kier alpha value is -2.93. The molecule has 1 heterocycles. The third kappa shape index (κ3) is 4.67. The van der Waals surface area contributed by atoms with Crippen LogP contribution < -0.4 is 15.6 Å². The summed E-state index contributed by atoms with van der Waals surface area (Å²) < 4.78 is 18.5. The van der Waals surface area contributed by atoms with E-state index in [2.05, 4.69) is 10.3 Å². The second-order valence-corrected chi connectivity index (χ2v) is 6.78. The average Bonchev–Trinajstić information content (AvgIpc) is 2.69. The standard InChI is InChI=1S/C21H22FN3O2S/c1-3-23-21(28)25(12-14-4-6-17(22)7-5-14)13-16-10-15-11-18(27-2)8-9-19(15)24-20(16)26/h4-11H,3,12-13H2,1-2H3,(H,23,28)(H,24,26). The van der Waals surface area contributed by atoms with Crippen LogP contribution in [0.25, 0.3) is 10.9 Å². The number of thiocarbonyl (C=S) groups is 1. The van der Waals surface area contributed by atoms with Crippen molar-refractivity contribution in [2.24, 2.45) is 0 Å². The van der Waals surface area contributed by atoms with Crippen LogP contribution in [0, 0.1) is 5.82 Å². The zero-order valence-electron chi connectivity index (χ0n) is 15.8. The quantitative estimate of drug-likeness (QED) is 0.621. The Kier molecular flexibility index (Phi) is 6.26. The fraction of sp³-hybridized carbons (Fsp3) is 0.238. The summed E-state index contributed by atoms with van der Waals surface area (Å²) in [5.41, 5.74) is 2.07. The smallest absolute Gasteiger partial charge is 0.253 e. The van der Waals surface area contributed by atoms with Crippen molar-refractivity contribution in [2.45, 2.75) is 20.0 Å². The summed E-state index contributed by atoms with van der Waals surface area (Å²) in [4.78, 5) is 17.4. The Morgan fingerprint density at radius 1 is 1.18 bits per heavy atom. The van der Waals surface area contributed by atoms with Crippen molar-refractivity contribution in [3.8, 4) is 5.75 Å². The number of nitrogens with zero attached hydrogens (tertiary/aromatic N) is 1. The molecule has 3 rings (SSSR count). The molecule has 0 atom stereocenters. The first kappa shape index (κ1) is 19.8. The van der Waals surface area contributed by atoms with Gasteiger partial charge in [0, 0.05) is 29.6 Å². The van der Waals surface area contributed by atoms with Crippen LogP contribution in [0.5, 0.6) is 5.75 Å². The lowest BCUT2D eigenvalue weighted by Crippen LogP contribution is -2.39. The molecule has 0 amide bonds. The topological polar surface area (TPSA) is 57.4 Å². The van der Waals surface area contributed by atoms with Gasteiger partial charge < -0.3 is 19.9 Å². The minimum Gasteiger partial charge on any atom is -0.497 e. The molecule has 0 saturated heterocycles. The highest BCUT2D eigenvalue weighted by Gasteiger charge is 2.14. The van der Waals surface area contributed by atoms with Gasteiger partial charge in [0.1, 0.15) is 11.6 Å². The van der Waals surface area contributed by atoms with Crippen molar-refractivity contribution >= 4 is 28.2 Å². The Bertz CT molecular complexity index is 1030. The predicted octanol–water partition coefficient (Wildman–Crippen LogP) is 3.57. The summed E-state index contributed by atoms with van der Waals surface area (Å²) in [5, 5.41) is 4.54. The molecule has 1 aromatic heterocycles. The lowest BCUT2D eigenvalue weighted by Gasteiger charge is -2.25. The number of ether oxygens (including phenoxy) is 1. The van der Waals surface area contributed by atoms with Gasteiger partial charge in [0.15, 0.2) is 5.11 Å². The molecule has 7 heteroatoms. The normalized spacial score (nSPS) is 10.7. The number of hydrogen-bond donors (Lipinski definition) is 2. The molecule has 0 aliphatic rings. The van der Waals surface area contributed by atoms with Crippen LogP contribution in [0.1, 0.15) is 18.1 Å². The third-order valence-electron chi connectivity index (χ3n) is 4.39. The number of methoxy groups -OCH3 is 1. The molecule has 0 spiro atoms. The van der Waals surface area contributed by atoms with Crippen LogP contribution in [0.2, 0.25) is 0 Å². The molecule has 146 valence electrons. The SMILES string of the molecule is CCNC(=S)N(Cc1ccc(F)cc1)Cc1cc2cc(OC)ccc2[nH]c1=O. The molecule has 0 saturated carbocycles. The molecule has 0 aliphatic heterocycles. The maximum atomic E-state index is 13.2. The van der Waals surface area contributed by atoms with Gasteiger partial charge in [-0.25, -0.2) is 4.39 Å². The zero-order valence-corrected chi connectivity index (χ0v) is 16.6. The number of rotatable bonds is 6. The van der Waals surface area contributed by atoms with Gasteiger partial charge in [-0.15, -0.1) is 0 Å². The fourth-order valence-corrected chi connectivity index (χ4v) is 3.23. The van der Waals surface area contributed by atoms with Gasteiger partial charge in [0.2, 0.25) is 0 Å². The summed E-state index contributed by atoms with van der Waals surface area (Å²) in [6, 6.07) is 13.6. The van der Waals surface area contributed by atoms with E-state index in [0.29, 0.717) is 30.3 Å². The Balaban J connectivity index is 1.92. The summed E-state index contributed by atoms with van der Waals surface area (Å²) in [6.07, 6.45) is 0. The van der Waals surface area contributed by atoms with E-state index in [1.807, 2.05) is 30.0 Å². The first-order valence-corrected chi connectivity index (χ1v) is 9.38. The molecular formula is C21H22FN3O2S. The van der Waals surface area contributed by atoms with Gasteiger partial charge in [0.05, 0.1) is 13.7 Å². The molecule has 28 heavy (non-hydrogen) atoms. The number of fused-ring (bicyclic) bond motifs is 1. The second-order valence-electron chi connectivity index (χ2n) is 6.39. The first-order chi connectivity index (χ1) is 13.5. The monoisotopic (exact) mass is 399 g/mol. The number of nitrogens with one attached hydrogen (secondary N) is 2. The van der Waals surface area contributed by atoms with Crippen molar-refractivity contribution in [1.82, 2.24) is 15.2 Å².